The molecular weight excluding hydrogens is 462 g/mol. The number of nitrogens with one attached hydrogen (secondary N) is 1. The Morgan fingerprint density at radius 3 is 2.72 bits per heavy atom. The fourth-order valence-electron chi connectivity index (χ4n) is 3.66. The van der Waals surface area contributed by atoms with E-state index in [4.69, 9.17) is 16.6 Å². The van der Waals surface area contributed by atoms with Crippen molar-refractivity contribution in [2.45, 2.75) is 16.5 Å². The third-order valence-electron chi connectivity index (χ3n) is 5.15. The predicted molar refractivity (Wildman–Crippen MR) is 133 cm³/mol. The highest BCUT2D eigenvalue weighted by Gasteiger charge is 2.23. The van der Waals surface area contributed by atoms with Crippen LogP contribution in [0.1, 0.15) is 5.69 Å². The molecule has 0 saturated carbocycles. The molecule has 32 heavy (non-hydrogen) atoms. The van der Waals surface area contributed by atoms with Gasteiger partial charge in [-0.25, -0.2) is 4.98 Å². The first-order valence-corrected chi connectivity index (χ1v) is 12.4. The molecule has 1 aliphatic rings. The van der Waals surface area contributed by atoms with Crippen LogP contribution in [0.3, 0.4) is 0 Å². The van der Waals surface area contributed by atoms with Crippen LogP contribution in [0.2, 0.25) is 5.02 Å². The molecule has 8 heteroatoms. The second-order valence-electron chi connectivity index (χ2n) is 7.25. The summed E-state index contributed by atoms with van der Waals surface area (Å²) in [4.78, 5) is 31.4. The number of anilines is 1. The first kappa shape index (κ1) is 21.1. The molecular formula is C24H18ClN3O2S2. The van der Waals surface area contributed by atoms with Crippen molar-refractivity contribution in [1.29, 1.82) is 0 Å². The molecule has 0 atom stereocenters. The van der Waals surface area contributed by atoms with E-state index < -0.39 is 0 Å². The number of rotatable bonds is 5. The number of carbonyl (C=O) groups is 1. The van der Waals surface area contributed by atoms with E-state index in [-0.39, 0.29) is 17.2 Å². The average Bonchev–Trinajstić information content (AvgIpc) is 3.28. The smallest absolute Gasteiger partial charge is 0.272 e. The normalized spacial score (nSPS) is 12.7. The van der Waals surface area contributed by atoms with Crippen LogP contribution >= 0.6 is 35.1 Å². The Morgan fingerprint density at radius 1 is 1.09 bits per heavy atom. The lowest BCUT2D eigenvalue weighted by molar-refractivity contribution is -0.113. The number of aryl methyl sites for hydroxylation is 1. The largest absolute Gasteiger partial charge is 0.325 e. The van der Waals surface area contributed by atoms with Crippen molar-refractivity contribution in [3.63, 3.8) is 0 Å². The molecule has 5 rings (SSSR count). The van der Waals surface area contributed by atoms with Gasteiger partial charge in [-0.15, -0.1) is 11.8 Å². The molecule has 1 aromatic heterocycles. The third-order valence-corrected chi connectivity index (χ3v) is 7.45. The molecule has 3 aromatic carbocycles. The Balaban J connectivity index is 1.42. The second-order valence-corrected chi connectivity index (χ2v) is 9.73. The van der Waals surface area contributed by atoms with Crippen molar-refractivity contribution in [3.8, 4) is 5.69 Å². The number of amides is 1. The van der Waals surface area contributed by atoms with Crippen molar-refractivity contribution in [3.05, 3.63) is 87.8 Å². The molecule has 1 aliphatic heterocycles. The second kappa shape index (κ2) is 9.02. The first-order chi connectivity index (χ1) is 15.6. The maximum Gasteiger partial charge on any atom is 0.272 e. The van der Waals surface area contributed by atoms with E-state index >= 15 is 0 Å². The summed E-state index contributed by atoms with van der Waals surface area (Å²) in [6, 6.07) is 20.8. The summed E-state index contributed by atoms with van der Waals surface area (Å²) in [5.41, 5.74) is 2.15. The number of benzene rings is 3. The number of halogens is 1. The van der Waals surface area contributed by atoms with Gasteiger partial charge in [0.1, 0.15) is 0 Å². The van der Waals surface area contributed by atoms with E-state index in [1.54, 1.807) is 28.8 Å². The van der Waals surface area contributed by atoms with Crippen LogP contribution in [0.4, 0.5) is 5.69 Å². The molecule has 0 aliphatic carbocycles. The van der Waals surface area contributed by atoms with Gasteiger partial charge in [-0.3, -0.25) is 14.2 Å². The summed E-state index contributed by atoms with van der Waals surface area (Å²) in [6.07, 6.45) is 0.756. The van der Waals surface area contributed by atoms with Gasteiger partial charge in [0.25, 0.3) is 5.56 Å². The quantitative estimate of drug-likeness (QED) is 0.306. The Morgan fingerprint density at radius 2 is 1.88 bits per heavy atom. The standard InChI is InChI=1S/C24H18ClN3O2S2/c25-16-8-10-17(11-9-16)28-23(30)22-20(12-13-31-22)27-24(28)32-14-21(29)26-19-7-3-5-15-4-1-2-6-18(15)19/h1-11H,12-14H2,(H,26,29). The number of fused-ring (bicyclic) bond motifs is 2. The Bertz CT molecular complexity index is 1380. The van der Waals surface area contributed by atoms with Gasteiger partial charge in [-0.1, -0.05) is 59.8 Å². The topological polar surface area (TPSA) is 64.0 Å². The Hall–Kier alpha value is -2.74. The lowest BCUT2D eigenvalue weighted by atomic mass is 10.1. The van der Waals surface area contributed by atoms with E-state index in [9.17, 15) is 9.59 Å². The maximum absolute atomic E-state index is 13.2. The Labute approximate surface area is 198 Å². The summed E-state index contributed by atoms with van der Waals surface area (Å²) >= 11 is 8.82. The number of nitrogens with zero attached hydrogens (tertiary/aromatic N) is 2. The van der Waals surface area contributed by atoms with Gasteiger partial charge in [-0.05, 0) is 35.7 Å². The SMILES string of the molecule is O=C(CSc1nc2c(c(=O)n1-c1ccc(Cl)cc1)SCC2)Nc1cccc2ccccc12. The highest BCUT2D eigenvalue weighted by Crippen LogP contribution is 2.30. The van der Waals surface area contributed by atoms with Gasteiger partial charge >= 0.3 is 0 Å². The molecule has 2 heterocycles. The van der Waals surface area contributed by atoms with E-state index in [2.05, 4.69) is 5.32 Å². The molecule has 1 amide bonds. The lowest BCUT2D eigenvalue weighted by Crippen LogP contribution is -2.24. The molecule has 0 saturated heterocycles. The summed E-state index contributed by atoms with van der Waals surface area (Å²) in [5, 5.41) is 6.14. The molecule has 0 unspecified atom stereocenters. The van der Waals surface area contributed by atoms with Crippen LogP contribution in [-0.4, -0.2) is 27.0 Å². The molecule has 1 N–H and O–H groups in total. The zero-order valence-corrected chi connectivity index (χ0v) is 19.3. The summed E-state index contributed by atoms with van der Waals surface area (Å²) in [7, 11) is 0. The molecule has 0 spiro atoms. The van der Waals surface area contributed by atoms with E-state index in [1.165, 1.54) is 23.5 Å². The minimum atomic E-state index is -0.155. The number of hydrogen-bond acceptors (Lipinski definition) is 5. The van der Waals surface area contributed by atoms with Crippen LogP contribution in [-0.2, 0) is 11.2 Å². The fraction of sp³-hybridized carbons (Fsp3) is 0.125. The van der Waals surface area contributed by atoms with E-state index in [0.29, 0.717) is 20.8 Å². The van der Waals surface area contributed by atoms with Crippen LogP contribution in [0.15, 0.2) is 81.6 Å². The minimum Gasteiger partial charge on any atom is -0.325 e. The summed E-state index contributed by atoms with van der Waals surface area (Å²) in [5.74, 6) is 0.821. The van der Waals surface area contributed by atoms with Gasteiger partial charge in [0.2, 0.25) is 5.91 Å². The monoisotopic (exact) mass is 479 g/mol. The predicted octanol–water partition coefficient (Wildman–Crippen LogP) is 5.42. The van der Waals surface area contributed by atoms with Crippen LogP contribution in [0, 0.1) is 0 Å². The van der Waals surface area contributed by atoms with Crippen molar-refractivity contribution >= 4 is 57.5 Å². The maximum atomic E-state index is 13.2. The van der Waals surface area contributed by atoms with Crippen LogP contribution in [0.25, 0.3) is 16.5 Å². The zero-order chi connectivity index (χ0) is 22.1. The van der Waals surface area contributed by atoms with Crippen molar-refractivity contribution in [2.24, 2.45) is 0 Å². The van der Waals surface area contributed by atoms with Crippen molar-refractivity contribution < 1.29 is 4.79 Å². The zero-order valence-electron chi connectivity index (χ0n) is 16.9. The first-order valence-electron chi connectivity index (χ1n) is 10.1. The van der Waals surface area contributed by atoms with Crippen molar-refractivity contribution in [1.82, 2.24) is 9.55 Å². The summed E-state index contributed by atoms with van der Waals surface area (Å²) in [6.45, 7) is 0. The molecule has 4 aromatic rings. The van der Waals surface area contributed by atoms with E-state index in [0.717, 1.165) is 34.3 Å². The van der Waals surface area contributed by atoms with Gasteiger partial charge < -0.3 is 5.32 Å². The minimum absolute atomic E-state index is 0.100. The molecule has 0 fully saturated rings. The number of hydrogen-bond donors (Lipinski definition) is 1. The lowest BCUT2D eigenvalue weighted by Gasteiger charge is -2.14. The van der Waals surface area contributed by atoms with Gasteiger partial charge in [-0.2, -0.15) is 0 Å². The summed E-state index contributed by atoms with van der Waals surface area (Å²) < 4.78 is 1.57. The van der Waals surface area contributed by atoms with Gasteiger partial charge in [0.05, 0.1) is 22.0 Å². The number of carbonyl (C=O) groups excluding carboxylic acids is 1. The van der Waals surface area contributed by atoms with Crippen molar-refractivity contribution in [2.75, 3.05) is 16.8 Å². The highest BCUT2D eigenvalue weighted by molar-refractivity contribution is 8.00. The van der Waals surface area contributed by atoms with Crippen LogP contribution < -0.4 is 10.9 Å². The average molecular weight is 480 g/mol. The van der Waals surface area contributed by atoms with Gasteiger partial charge in [0, 0.05) is 28.3 Å². The molecule has 0 radical (unpaired) electrons. The van der Waals surface area contributed by atoms with E-state index in [1.807, 2.05) is 42.5 Å². The third kappa shape index (κ3) is 4.16. The Kier molecular flexibility index (Phi) is 5.95. The van der Waals surface area contributed by atoms with Crippen LogP contribution in [0.5, 0.6) is 0 Å². The number of thioether (sulfide) groups is 2. The molecule has 5 nitrogen and oxygen atoms in total. The molecule has 0 bridgehead atoms. The highest BCUT2D eigenvalue weighted by atomic mass is 35.5. The fourth-order valence-corrected chi connectivity index (χ4v) is 5.64. The number of aromatic nitrogens is 2. The molecule has 160 valence electrons. The van der Waals surface area contributed by atoms with Gasteiger partial charge in [0.15, 0.2) is 5.16 Å².